The summed E-state index contributed by atoms with van der Waals surface area (Å²) in [5, 5.41) is 8.75. The van der Waals surface area contributed by atoms with Crippen LogP contribution in [0.3, 0.4) is 0 Å². The maximum Gasteiger partial charge on any atom is 0.185 e. The van der Waals surface area contributed by atoms with Gasteiger partial charge in [0.1, 0.15) is 0 Å². The minimum Gasteiger partial charge on any atom is -0.346 e. The van der Waals surface area contributed by atoms with Crippen molar-refractivity contribution in [2.24, 2.45) is 0 Å². The fraction of sp³-hybridized carbons (Fsp3) is 0.364. The van der Waals surface area contributed by atoms with E-state index in [1.807, 2.05) is 0 Å². The molecule has 0 saturated carbocycles. The van der Waals surface area contributed by atoms with Gasteiger partial charge < -0.3 is 10.2 Å². The van der Waals surface area contributed by atoms with Gasteiger partial charge in [-0.15, -0.1) is 22.7 Å². The summed E-state index contributed by atoms with van der Waals surface area (Å²) in [6.07, 6.45) is 0. The van der Waals surface area contributed by atoms with Crippen LogP contribution in [0.4, 0.5) is 5.13 Å². The number of thiophene rings is 1. The average Bonchev–Trinajstić information content (AvgIpc) is 2.98. The van der Waals surface area contributed by atoms with Crippen molar-refractivity contribution >= 4 is 43.7 Å². The third kappa shape index (κ3) is 2.54. The minimum atomic E-state index is 1.06. The first-order chi connectivity index (χ1) is 8.33. The molecule has 0 aliphatic carbocycles. The average molecular weight is 330 g/mol. The Kier molecular flexibility index (Phi) is 3.46. The van der Waals surface area contributed by atoms with Gasteiger partial charge in [0, 0.05) is 41.4 Å². The molecule has 0 radical (unpaired) electrons. The lowest BCUT2D eigenvalue weighted by atomic mass is 10.4. The molecule has 1 aliphatic heterocycles. The van der Waals surface area contributed by atoms with Crippen molar-refractivity contribution in [3.63, 3.8) is 0 Å². The van der Waals surface area contributed by atoms with Gasteiger partial charge in [0.25, 0.3) is 0 Å². The number of hydrogen-bond donors (Lipinski definition) is 1. The van der Waals surface area contributed by atoms with Gasteiger partial charge in [-0.1, -0.05) is 0 Å². The fourth-order valence-corrected chi connectivity index (χ4v) is 4.17. The van der Waals surface area contributed by atoms with Crippen molar-refractivity contribution in [3.8, 4) is 10.6 Å². The second-order valence-corrected chi connectivity index (χ2v) is 6.55. The van der Waals surface area contributed by atoms with Gasteiger partial charge in [0.2, 0.25) is 0 Å². The molecule has 17 heavy (non-hydrogen) atoms. The number of hydrogen-bond acceptors (Lipinski definition) is 5. The summed E-state index contributed by atoms with van der Waals surface area (Å²) in [6, 6.07) is 2.13. The number of thiazole rings is 1. The van der Waals surface area contributed by atoms with Crippen LogP contribution in [0, 0.1) is 0 Å². The molecule has 2 aromatic heterocycles. The molecule has 90 valence electrons. The number of piperazine rings is 1. The van der Waals surface area contributed by atoms with Crippen LogP contribution in [-0.2, 0) is 0 Å². The molecule has 1 fully saturated rings. The first-order valence-electron chi connectivity index (χ1n) is 5.48. The van der Waals surface area contributed by atoms with Gasteiger partial charge in [-0.3, -0.25) is 0 Å². The van der Waals surface area contributed by atoms with Crippen LogP contribution in [0.15, 0.2) is 21.3 Å². The number of anilines is 1. The number of rotatable bonds is 2. The van der Waals surface area contributed by atoms with E-state index in [-0.39, 0.29) is 0 Å². The lowest BCUT2D eigenvalue weighted by molar-refractivity contribution is 0.588. The summed E-state index contributed by atoms with van der Waals surface area (Å²) in [5.74, 6) is 0. The van der Waals surface area contributed by atoms with E-state index in [1.54, 1.807) is 22.7 Å². The molecule has 1 aliphatic rings. The van der Waals surface area contributed by atoms with E-state index < -0.39 is 0 Å². The third-order valence-electron chi connectivity index (χ3n) is 2.70. The second-order valence-electron chi connectivity index (χ2n) is 3.88. The zero-order valence-corrected chi connectivity index (χ0v) is 12.4. The lowest BCUT2D eigenvalue weighted by Gasteiger charge is -2.26. The summed E-state index contributed by atoms with van der Waals surface area (Å²) in [5.41, 5.74) is 1.10. The van der Waals surface area contributed by atoms with Gasteiger partial charge in [-0.25, -0.2) is 4.98 Å². The Hall–Kier alpha value is -0.430. The van der Waals surface area contributed by atoms with E-state index in [0.29, 0.717) is 0 Å². The summed E-state index contributed by atoms with van der Waals surface area (Å²) < 4.78 is 1.13. The molecular formula is C11H12BrN3S2. The van der Waals surface area contributed by atoms with E-state index >= 15 is 0 Å². The summed E-state index contributed by atoms with van der Waals surface area (Å²) in [4.78, 5) is 8.31. The SMILES string of the molecule is Brc1csc(-c2csc(N3CCNCC3)n2)c1. The van der Waals surface area contributed by atoms with Crippen molar-refractivity contribution in [2.45, 2.75) is 0 Å². The molecule has 1 N–H and O–H groups in total. The summed E-state index contributed by atoms with van der Waals surface area (Å²) in [7, 11) is 0. The number of halogens is 1. The molecule has 0 unspecified atom stereocenters. The molecule has 3 nitrogen and oxygen atoms in total. The third-order valence-corrected chi connectivity index (χ3v) is 5.31. The molecule has 3 rings (SSSR count). The first kappa shape index (κ1) is 11.6. The fourth-order valence-electron chi connectivity index (χ4n) is 1.83. The standard InChI is InChI=1S/C11H12BrN3S2/c12-8-5-10(16-6-8)9-7-17-11(14-9)15-3-1-13-2-4-15/h5-7,13H,1-4H2. The zero-order chi connectivity index (χ0) is 11.7. The van der Waals surface area contributed by atoms with E-state index in [0.717, 1.165) is 41.5 Å². The Balaban J connectivity index is 1.82. The Bertz CT molecular complexity index is 502. The topological polar surface area (TPSA) is 28.2 Å². The maximum absolute atomic E-state index is 4.72. The Morgan fingerprint density at radius 1 is 1.24 bits per heavy atom. The predicted octanol–water partition coefficient (Wildman–Crippen LogP) is 3.04. The normalized spacial score (nSPS) is 16.4. The first-order valence-corrected chi connectivity index (χ1v) is 8.04. The van der Waals surface area contributed by atoms with Gasteiger partial charge in [-0.2, -0.15) is 0 Å². The van der Waals surface area contributed by atoms with Crippen LogP contribution in [0.25, 0.3) is 10.6 Å². The lowest BCUT2D eigenvalue weighted by Crippen LogP contribution is -2.43. The van der Waals surface area contributed by atoms with Crippen LogP contribution in [-0.4, -0.2) is 31.2 Å². The van der Waals surface area contributed by atoms with E-state index in [1.165, 1.54) is 4.88 Å². The van der Waals surface area contributed by atoms with Crippen LogP contribution < -0.4 is 10.2 Å². The zero-order valence-electron chi connectivity index (χ0n) is 9.15. The Labute approximate surface area is 117 Å². The highest BCUT2D eigenvalue weighted by molar-refractivity contribution is 9.10. The maximum atomic E-state index is 4.72. The molecule has 0 spiro atoms. The predicted molar refractivity (Wildman–Crippen MR) is 78.2 cm³/mol. The van der Waals surface area contributed by atoms with Crippen molar-refractivity contribution in [3.05, 3.63) is 21.3 Å². The highest BCUT2D eigenvalue weighted by Crippen LogP contribution is 2.33. The Morgan fingerprint density at radius 2 is 2.06 bits per heavy atom. The molecule has 1 saturated heterocycles. The van der Waals surface area contributed by atoms with E-state index in [4.69, 9.17) is 4.98 Å². The number of aromatic nitrogens is 1. The molecular weight excluding hydrogens is 318 g/mol. The second kappa shape index (κ2) is 5.06. The summed E-state index contributed by atoms with van der Waals surface area (Å²) >= 11 is 6.95. The van der Waals surface area contributed by atoms with Crippen LogP contribution >= 0.6 is 38.6 Å². The molecule has 3 heterocycles. The van der Waals surface area contributed by atoms with Crippen molar-refractivity contribution in [2.75, 3.05) is 31.1 Å². The highest BCUT2D eigenvalue weighted by atomic mass is 79.9. The smallest absolute Gasteiger partial charge is 0.185 e. The molecule has 0 atom stereocenters. The van der Waals surface area contributed by atoms with Crippen molar-refractivity contribution < 1.29 is 0 Å². The quantitative estimate of drug-likeness (QED) is 0.917. The van der Waals surface area contributed by atoms with Crippen molar-refractivity contribution in [1.82, 2.24) is 10.3 Å². The molecule has 0 amide bonds. The minimum absolute atomic E-state index is 1.06. The Morgan fingerprint density at radius 3 is 2.76 bits per heavy atom. The van der Waals surface area contributed by atoms with Gasteiger partial charge in [-0.05, 0) is 22.0 Å². The van der Waals surface area contributed by atoms with E-state index in [9.17, 15) is 0 Å². The summed E-state index contributed by atoms with van der Waals surface area (Å²) in [6.45, 7) is 4.22. The van der Waals surface area contributed by atoms with Gasteiger partial charge >= 0.3 is 0 Å². The number of nitrogens with zero attached hydrogens (tertiary/aromatic N) is 2. The van der Waals surface area contributed by atoms with E-state index in [2.05, 4.69) is 43.0 Å². The molecule has 2 aromatic rings. The molecule has 6 heteroatoms. The largest absolute Gasteiger partial charge is 0.346 e. The van der Waals surface area contributed by atoms with Gasteiger partial charge in [0.05, 0.1) is 10.6 Å². The van der Waals surface area contributed by atoms with Crippen LogP contribution in [0.5, 0.6) is 0 Å². The molecule has 0 bridgehead atoms. The van der Waals surface area contributed by atoms with Crippen LogP contribution in [0.2, 0.25) is 0 Å². The van der Waals surface area contributed by atoms with Gasteiger partial charge in [0.15, 0.2) is 5.13 Å². The van der Waals surface area contributed by atoms with Crippen LogP contribution in [0.1, 0.15) is 0 Å². The highest BCUT2D eigenvalue weighted by Gasteiger charge is 2.15. The monoisotopic (exact) mass is 329 g/mol. The number of nitrogens with one attached hydrogen (secondary N) is 1. The van der Waals surface area contributed by atoms with Crippen molar-refractivity contribution in [1.29, 1.82) is 0 Å². The molecule has 0 aromatic carbocycles.